The Bertz CT molecular complexity index is 274. The molecule has 2 heterocycles. The molecule has 13 heavy (non-hydrogen) atoms. The van der Waals surface area contributed by atoms with Gasteiger partial charge in [0.25, 0.3) is 0 Å². The fourth-order valence-corrected chi connectivity index (χ4v) is 3.95. The van der Waals surface area contributed by atoms with Gasteiger partial charge in [0.15, 0.2) is 0 Å². The Kier molecular flexibility index (Phi) is 2.14. The van der Waals surface area contributed by atoms with Crippen LogP contribution >= 0.6 is 0 Å². The molecule has 2 bridgehead atoms. The first-order valence-corrected chi connectivity index (χ1v) is 7.14. The van der Waals surface area contributed by atoms with Gasteiger partial charge in [-0.1, -0.05) is 0 Å². The average Bonchev–Trinajstić information content (AvgIpc) is 2.55. The van der Waals surface area contributed by atoms with Crippen LogP contribution in [0.4, 0.5) is 0 Å². The molecule has 1 fully saturated rings. The molecule has 2 nitrogen and oxygen atoms in total. The van der Waals surface area contributed by atoms with Gasteiger partial charge in [-0.15, -0.1) is 0 Å². The monoisotopic (exact) mass is 246 g/mol. The van der Waals surface area contributed by atoms with E-state index in [0.29, 0.717) is 20.7 Å². The summed E-state index contributed by atoms with van der Waals surface area (Å²) in [5.41, 5.74) is 0. The van der Waals surface area contributed by atoms with Gasteiger partial charge in [0, 0.05) is 0 Å². The van der Waals surface area contributed by atoms with Crippen LogP contribution in [0.15, 0.2) is 12.2 Å². The van der Waals surface area contributed by atoms with E-state index < -0.39 is 0 Å². The van der Waals surface area contributed by atoms with Gasteiger partial charge in [0.05, 0.1) is 0 Å². The Morgan fingerprint density at radius 1 is 1.54 bits per heavy atom. The Labute approximate surface area is 84.9 Å². The molecule has 0 aromatic rings. The van der Waals surface area contributed by atoms with E-state index in [9.17, 15) is 4.79 Å². The van der Waals surface area contributed by atoms with E-state index in [0.717, 1.165) is 0 Å². The third-order valence-corrected chi connectivity index (χ3v) is 5.70. The topological polar surface area (TPSA) is 26.3 Å². The van der Waals surface area contributed by atoms with Crippen molar-refractivity contribution in [2.75, 3.05) is 0 Å². The van der Waals surface area contributed by atoms with Crippen LogP contribution in [-0.4, -0.2) is 31.3 Å². The molecule has 0 aromatic carbocycles. The van der Waals surface area contributed by atoms with Crippen molar-refractivity contribution in [2.24, 2.45) is 11.8 Å². The van der Waals surface area contributed by atoms with Gasteiger partial charge in [-0.2, -0.15) is 0 Å². The fourth-order valence-electron chi connectivity index (χ4n) is 2.08. The van der Waals surface area contributed by atoms with Crippen molar-refractivity contribution >= 4 is 20.7 Å². The summed E-state index contributed by atoms with van der Waals surface area (Å²) >= 11 is 0.341. The number of carbonyl (C=O) groups excluding carboxylic acids is 1. The van der Waals surface area contributed by atoms with Gasteiger partial charge in [-0.25, -0.2) is 0 Å². The molecule has 4 atom stereocenters. The second-order valence-electron chi connectivity index (χ2n) is 3.78. The molecule has 0 radical (unpaired) electrons. The summed E-state index contributed by atoms with van der Waals surface area (Å²) in [6.45, 7) is 3.96. The van der Waals surface area contributed by atoms with Gasteiger partial charge in [0.2, 0.25) is 0 Å². The summed E-state index contributed by atoms with van der Waals surface area (Å²) in [6.07, 6.45) is 4.23. The van der Waals surface area contributed by atoms with Gasteiger partial charge in [0.1, 0.15) is 0 Å². The Balaban J connectivity index is 2.36. The molecule has 0 unspecified atom stereocenters. The predicted octanol–water partition coefficient (Wildman–Crippen LogP) is 1.24. The SMILES string of the molecule is C[Se][C@@]12C=C[C@H](O1)[C@H](C)C(=O)[C@@H]2C. The zero-order valence-corrected chi connectivity index (χ0v) is 9.82. The van der Waals surface area contributed by atoms with Crippen LogP contribution in [0, 0.1) is 11.8 Å². The molecule has 2 rings (SSSR count). The molecule has 0 amide bonds. The zero-order chi connectivity index (χ0) is 9.64. The second-order valence-corrected chi connectivity index (χ2v) is 5.98. The van der Waals surface area contributed by atoms with Crippen molar-refractivity contribution in [3.63, 3.8) is 0 Å². The standard InChI is InChI=1S/C10H14O2Se/c1-6-8-4-5-10(12-8,13-3)7(2)9(6)11/h4-8H,1-3H3/t6-,7-,8-,10+/m0/s1. The molecule has 2 aliphatic rings. The number of ketones is 1. The molecule has 0 aromatic heterocycles. The summed E-state index contributed by atoms with van der Waals surface area (Å²) in [7, 11) is 0. The third-order valence-electron chi connectivity index (χ3n) is 3.13. The fraction of sp³-hybridized carbons (Fsp3) is 0.700. The summed E-state index contributed by atoms with van der Waals surface area (Å²) in [5.74, 6) is 2.59. The minimum absolute atomic E-state index is 0.0440. The molecule has 0 aliphatic carbocycles. The Hall–Kier alpha value is -0.111. The number of Topliss-reactive ketones (excluding diaryl/α,β-unsaturated/α-hetero) is 1. The Morgan fingerprint density at radius 2 is 2.23 bits per heavy atom. The maximum absolute atomic E-state index is 11.8. The van der Waals surface area contributed by atoms with E-state index in [4.69, 9.17) is 4.74 Å². The van der Waals surface area contributed by atoms with Gasteiger partial charge in [-0.3, -0.25) is 0 Å². The van der Waals surface area contributed by atoms with Crippen molar-refractivity contribution in [3.8, 4) is 0 Å². The van der Waals surface area contributed by atoms with Crippen LogP contribution in [0.1, 0.15) is 13.8 Å². The normalized spacial score (nSPS) is 48.5. The predicted molar refractivity (Wildman–Crippen MR) is 51.7 cm³/mol. The first-order chi connectivity index (χ1) is 6.10. The quantitative estimate of drug-likeness (QED) is 0.513. The second kappa shape index (κ2) is 2.94. The van der Waals surface area contributed by atoms with Crippen molar-refractivity contribution in [1.82, 2.24) is 0 Å². The first kappa shape index (κ1) is 9.44. The molecule has 2 aliphatic heterocycles. The van der Waals surface area contributed by atoms with Crippen molar-refractivity contribution in [2.45, 2.75) is 30.3 Å². The number of hydrogen-bond acceptors (Lipinski definition) is 2. The minimum atomic E-state index is -0.221. The summed E-state index contributed by atoms with van der Waals surface area (Å²) < 4.78 is 5.70. The number of fused-ring (bicyclic) bond motifs is 2. The number of carbonyl (C=O) groups is 1. The molecule has 0 saturated carbocycles. The molecule has 0 spiro atoms. The zero-order valence-electron chi connectivity index (χ0n) is 8.11. The van der Waals surface area contributed by atoms with Crippen LogP contribution in [0.5, 0.6) is 0 Å². The van der Waals surface area contributed by atoms with Gasteiger partial charge in [-0.05, 0) is 0 Å². The van der Waals surface area contributed by atoms with Crippen molar-refractivity contribution < 1.29 is 9.53 Å². The summed E-state index contributed by atoms with van der Waals surface area (Å²) in [5, 5.41) is 0. The van der Waals surface area contributed by atoms with Crippen LogP contribution in [0.3, 0.4) is 0 Å². The van der Waals surface area contributed by atoms with Crippen molar-refractivity contribution in [1.29, 1.82) is 0 Å². The van der Waals surface area contributed by atoms with Gasteiger partial charge >= 0.3 is 84.5 Å². The van der Waals surface area contributed by atoms with E-state index in [-0.39, 0.29) is 22.4 Å². The van der Waals surface area contributed by atoms with E-state index in [1.54, 1.807) is 0 Å². The van der Waals surface area contributed by atoms with E-state index in [2.05, 4.69) is 18.0 Å². The molecular weight excluding hydrogens is 231 g/mol. The van der Waals surface area contributed by atoms with E-state index in [1.807, 2.05) is 13.8 Å². The van der Waals surface area contributed by atoms with E-state index >= 15 is 0 Å². The van der Waals surface area contributed by atoms with Crippen LogP contribution in [-0.2, 0) is 9.53 Å². The summed E-state index contributed by atoms with van der Waals surface area (Å²) in [4.78, 5) is 11.8. The molecular formula is C10H14O2Se. The Morgan fingerprint density at radius 3 is 2.85 bits per heavy atom. The van der Waals surface area contributed by atoms with Gasteiger partial charge < -0.3 is 0 Å². The summed E-state index contributed by atoms with van der Waals surface area (Å²) in [6, 6.07) is 0. The molecule has 0 N–H and O–H groups in total. The molecule has 1 saturated heterocycles. The number of ether oxygens (including phenoxy) is 1. The first-order valence-electron chi connectivity index (χ1n) is 4.57. The van der Waals surface area contributed by atoms with Crippen molar-refractivity contribution in [3.05, 3.63) is 12.2 Å². The van der Waals surface area contributed by atoms with Crippen LogP contribution < -0.4 is 0 Å². The van der Waals surface area contributed by atoms with Crippen LogP contribution in [0.25, 0.3) is 0 Å². The average molecular weight is 245 g/mol. The number of hydrogen-bond donors (Lipinski definition) is 0. The van der Waals surface area contributed by atoms with E-state index in [1.165, 1.54) is 0 Å². The van der Waals surface area contributed by atoms with Crippen LogP contribution in [0.2, 0.25) is 5.82 Å². The molecule has 3 heteroatoms. The number of rotatable bonds is 1. The third kappa shape index (κ3) is 1.14. The molecule has 72 valence electrons. The maximum atomic E-state index is 11.8.